The Bertz CT molecular complexity index is 618. The third-order valence-electron chi connectivity index (χ3n) is 3.39. The van der Waals surface area contributed by atoms with E-state index in [9.17, 15) is 9.18 Å². The van der Waals surface area contributed by atoms with Crippen LogP contribution in [0.3, 0.4) is 0 Å². The first kappa shape index (κ1) is 13.6. The van der Waals surface area contributed by atoms with E-state index in [2.05, 4.69) is 5.32 Å². The van der Waals surface area contributed by atoms with E-state index >= 15 is 0 Å². The second kappa shape index (κ2) is 5.95. The lowest BCUT2D eigenvalue weighted by molar-refractivity contribution is -0.122. The fraction of sp³-hybridized carbons (Fsp3) is 0.235. The van der Waals surface area contributed by atoms with Crippen molar-refractivity contribution in [2.75, 3.05) is 0 Å². The Balaban J connectivity index is 1.55. The lowest BCUT2D eigenvalue weighted by Gasteiger charge is -2.08. The molecular formula is C17H16FNO2. The van der Waals surface area contributed by atoms with Crippen molar-refractivity contribution in [2.45, 2.75) is 19.4 Å². The van der Waals surface area contributed by atoms with Crippen LogP contribution in [0.4, 0.5) is 4.39 Å². The van der Waals surface area contributed by atoms with Gasteiger partial charge in [0.15, 0.2) is 0 Å². The molecule has 21 heavy (non-hydrogen) atoms. The van der Waals surface area contributed by atoms with E-state index < -0.39 is 0 Å². The van der Waals surface area contributed by atoms with E-state index in [1.807, 2.05) is 24.3 Å². The van der Waals surface area contributed by atoms with Crippen molar-refractivity contribution in [1.29, 1.82) is 0 Å². The second-order valence-corrected chi connectivity index (χ2v) is 5.19. The summed E-state index contributed by atoms with van der Waals surface area (Å²) in [4.78, 5) is 11.5. The Kier molecular flexibility index (Phi) is 3.86. The third-order valence-corrected chi connectivity index (χ3v) is 3.39. The van der Waals surface area contributed by atoms with Crippen LogP contribution in [0.15, 0.2) is 48.5 Å². The summed E-state index contributed by atoms with van der Waals surface area (Å²) in [7, 11) is 0. The van der Waals surface area contributed by atoms with E-state index in [0.717, 1.165) is 18.4 Å². The highest BCUT2D eigenvalue weighted by molar-refractivity contribution is 5.80. The highest BCUT2D eigenvalue weighted by atomic mass is 19.1. The van der Waals surface area contributed by atoms with Crippen LogP contribution in [0.1, 0.15) is 18.4 Å². The Morgan fingerprint density at radius 2 is 1.62 bits per heavy atom. The summed E-state index contributed by atoms with van der Waals surface area (Å²) < 4.78 is 18.4. The monoisotopic (exact) mass is 285 g/mol. The van der Waals surface area contributed by atoms with Crippen LogP contribution in [0, 0.1) is 11.7 Å². The van der Waals surface area contributed by atoms with Crippen LogP contribution in [-0.4, -0.2) is 5.91 Å². The molecule has 1 fully saturated rings. The number of hydrogen-bond acceptors (Lipinski definition) is 2. The second-order valence-electron chi connectivity index (χ2n) is 5.19. The van der Waals surface area contributed by atoms with Gasteiger partial charge >= 0.3 is 0 Å². The molecule has 0 saturated heterocycles. The maximum absolute atomic E-state index is 12.8. The van der Waals surface area contributed by atoms with Gasteiger partial charge in [-0.05, 0) is 54.8 Å². The Morgan fingerprint density at radius 1 is 1.05 bits per heavy atom. The molecule has 1 saturated carbocycles. The van der Waals surface area contributed by atoms with Gasteiger partial charge in [-0.3, -0.25) is 4.79 Å². The van der Waals surface area contributed by atoms with Gasteiger partial charge in [-0.2, -0.15) is 0 Å². The van der Waals surface area contributed by atoms with Crippen molar-refractivity contribution in [1.82, 2.24) is 5.32 Å². The third kappa shape index (κ3) is 3.81. The zero-order valence-corrected chi connectivity index (χ0v) is 11.5. The number of carbonyl (C=O) groups excluding carboxylic acids is 1. The molecule has 108 valence electrons. The Hall–Kier alpha value is -2.36. The summed E-state index contributed by atoms with van der Waals surface area (Å²) in [5.74, 6) is 1.35. The molecular weight excluding hydrogens is 269 g/mol. The van der Waals surface area contributed by atoms with Crippen LogP contribution >= 0.6 is 0 Å². The number of halogens is 1. The lowest BCUT2D eigenvalue weighted by Crippen LogP contribution is -2.24. The molecule has 2 aromatic carbocycles. The summed E-state index contributed by atoms with van der Waals surface area (Å²) in [5.41, 5.74) is 1.02. The number of ether oxygens (including phenoxy) is 1. The molecule has 0 radical (unpaired) electrons. The average molecular weight is 285 g/mol. The SMILES string of the molecule is O=C(NCc1ccc(Oc2ccc(F)cc2)cc1)C1CC1. The predicted octanol–water partition coefficient (Wildman–Crippen LogP) is 3.64. The van der Waals surface area contributed by atoms with Gasteiger partial charge in [-0.25, -0.2) is 4.39 Å². The Labute approximate surface area is 122 Å². The van der Waals surface area contributed by atoms with Crippen LogP contribution in [-0.2, 0) is 11.3 Å². The first-order valence-electron chi connectivity index (χ1n) is 7.01. The van der Waals surface area contributed by atoms with Gasteiger partial charge < -0.3 is 10.1 Å². The molecule has 2 aromatic rings. The molecule has 0 heterocycles. The number of benzene rings is 2. The molecule has 1 N–H and O–H groups in total. The summed E-state index contributed by atoms with van der Waals surface area (Å²) in [6.45, 7) is 0.534. The minimum Gasteiger partial charge on any atom is -0.457 e. The zero-order chi connectivity index (χ0) is 14.7. The lowest BCUT2D eigenvalue weighted by atomic mass is 10.2. The van der Waals surface area contributed by atoms with Gasteiger partial charge in [0.2, 0.25) is 5.91 Å². The topological polar surface area (TPSA) is 38.3 Å². The van der Waals surface area contributed by atoms with Crippen molar-refractivity contribution >= 4 is 5.91 Å². The average Bonchev–Trinajstić information content (AvgIpc) is 3.33. The number of carbonyl (C=O) groups is 1. The van der Waals surface area contributed by atoms with Crippen molar-refractivity contribution in [3.63, 3.8) is 0 Å². The Morgan fingerprint density at radius 3 is 2.19 bits per heavy atom. The maximum Gasteiger partial charge on any atom is 0.223 e. The minimum atomic E-state index is -0.288. The fourth-order valence-corrected chi connectivity index (χ4v) is 1.99. The van der Waals surface area contributed by atoms with E-state index in [1.165, 1.54) is 12.1 Å². The normalized spacial score (nSPS) is 13.8. The van der Waals surface area contributed by atoms with Gasteiger partial charge in [0, 0.05) is 12.5 Å². The molecule has 0 aromatic heterocycles. The van der Waals surface area contributed by atoms with Crippen LogP contribution < -0.4 is 10.1 Å². The maximum atomic E-state index is 12.8. The van der Waals surface area contributed by atoms with Crippen molar-refractivity contribution < 1.29 is 13.9 Å². The van der Waals surface area contributed by atoms with Gasteiger partial charge in [0.1, 0.15) is 17.3 Å². The zero-order valence-electron chi connectivity index (χ0n) is 11.5. The number of rotatable bonds is 5. The standard InChI is InChI=1S/C17H16FNO2/c18-14-5-9-16(10-6-14)21-15-7-1-12(2-8-15)11-19-17(20)13-3-4-13/h1-2,5-10,13H,3-4,11H2,(H,19,20). The number of hydrogen-bond donors (Lipinski definition) is 1. The molecule has 0 unspecified atom stereocenters. The molecule has 3 nitrogen and oxygen atoms in total. The smallest absolute Gasteiger partial charge is 0.223 e. The molecule has 1 amide bonds. The van der Waals surface area contributed by atoms with Crippen molar-refractivity contribution in [3.05, 3.63) is 59.9 Å². The summed E-state index contributed by atoms with van der Waals surface area (Å²) >= 11 is 0. The molecule has 0 bridgehead atoms. The summed E-state index contributed by atoms with van der Waals surface area (Å²) in [6.07, 6.45) is 2.02. The summed E-state index contributed by atoms with van der Waals surface area (Å²) in [5, 5.41) is 2.91. The summed E-state index contributed by atoms with van der Waals surface area (Å²) in [6, 6.07) is 13.4. The first-order chi connectivity index (χ1) is 10.2. The number of nitrogens with one attached hydrogen (secondary N) is 1. The molecule has 1 aliphatic carbocycles. The largest absolute Gasteiger partial charge is 0.457 e. The van der Waals surface area contributed by atoms with Crippen LogP contribution in [0.5, 0.6) is 11.5 Å². The van der Waals surface area contributed by atoms with Crippen LogP contribution in [0.25, 0.3) is 0 Å². The molecule has 0 atom stereocenters. The fourth-order valence-electron chi connectivity index (χ4n) is 1.99. The van der Waals surface area contributed by atoms with Crippen molar-refractivity contribution in [3.8, 4) is 11.5 Å². The first-order valence-corrected chi connectivity index (χ1v) is 7.01. The van der Waals surface area contributed by atoms with Gasteiger partial charge in [-0.1, -0.05) is 12.1 Å². The van der Waals surface area contributed by atoms with E-state index in [1.54, 1.807) is 12.1 Å². The van der Waals surface area contributed by atoms with E-state index in [-0.39, 0.29) is 17.6 Å². The quantitative estimate of drug-likeness (QED) is 0.910. The molecule has 3 rings (SSSR count). The van der Waals surface area contributed by atoms with Gasteiger partial charge in [0.25, 0.3) is 0 Å². The highest BCUT2D eigenvalue weighted by Crippen LogP contribution is 2.29. The number of amides is 1. The van der Waals surface area contributed by atoms with Crippen molar-refractivity contribution in [2.24, 2.45) is 5.92 Å². The predicted molar refractivity (Wildman–Crippen MR) is 77.5 cm³/mol. The molecule has 4 heteroatoms. The van der Waals surface area contributed by atoms with Gasteiger partial charge in [0.05, 0.1) is 0 Å². The van der Waals surface area contributed by atoms with E-state index in [4.69, 9.17) is 4.74 Å². The van der Waals surface area contributed by atoms with Crippen LogP contribution in [0.2, 0.25) is 0 Å². The molecule has 1 aliphatic rings. The van der Waals surface area contributed by atoms with E-state index in [0.29, 0.717) is 18.0 Å². The molecule has 0 spiro atoms. The minimum absolute atomic E-state index is 0.140. The highest BCUT2D eigenvalue weighted by Gasteiger charge is 2.29. The van der Waals surface area contributed by atoms with Gasteiger partial charge in [-0.15, -0.1) is 0 Å². The molecule has 0 aliphatic heterocycles.